The highest BCUT2D eigenvalue weighted by Crippen LogP contribution is 2.03. The van der Waals surface area contributed by atoms with Gasteiger partial charge in [0.05, 0.1) is 12.2 Å². The summed E-state index contributed by atoms with van der Waals surface area (Å²) in [6, 6.07) is 2.48. The third-order valence-corrected chi connectivity index (χ3v) is 1.65. The van der Waals surface area contributed by atoms with Crippen molar-refractivity contribution in [1.82, 2.24) is 10.5 Å². The molecule has 68 valence electrons. The lowest BCUT2D eigenvalue weighted by Crippen LogP contribution is -2.21. The molecule has 0 aliphatic carbocycles. The highest BCUT2D eigenvalue weighted by atomic mass is 16.5. The molecule has 1 rings (SSSR count). The minimum atomic E-state index is 0.486. The maximum atomic E-state index is 5.09. The summed E-state index contributed by atoms with van der Waals surface area (Å²) in [7, 11) is 0. The normalized spacial score (nSPS) is 11.0. The summed E-state index contributed by atoms with van der Waals surface area (Å²) < 4.78 is 5.09. The van der Waals surface area contributed by atoms with E-state index in [-0.39, 0.29) is 0 Å². The highest BCUT2D eigenvalue weighted by molar-refractivity contribution is 5.04. The van der Waals surface area contributed by atoms with Gasteiger partial charge in [-0.3, -0.25) is 0 Å². The maximum absolute atomic E-state index is 5.09. The van der Waals surface area contributed by atoms with Crippen LogP contribution in [-0.2, 0) is 13.0 Å². The van der Waals surface area contributed by atoms with Gasteiger partial charge < -0.3 is 9.84 Å². The lowest BCUT2D eigenvalue weighted by atomic mass is 10.3. The Hall–Kier alpha value is -0.830. The SMILES string of the molecule is CCc1cc(CNC(C)C)on1. The zero-order valence-electron chi connectivity index (χ0n) is 7.92. The van der Waals surface area contributed by atoms with E-state index in [1.165, 1.54) is 0 Å². The molecule has 0 saturated heterocycles. The average Bonchev–Trinajstić information content (AvgIpc) is 2.48. The van der Waals surface area contributed by atoms with Gasteiger partial charge in [0, 0.05) is 12.1 Å². The van der Waals surface area contributed by atoms with Crippen LogP contribution in [0.2, 0.25) is 0 Å². The van der Waals surface area contributed by atoms with Crippen LogP contribution in [0.25, 0.3) is 0 Å². The third kappa shape index (κ3) is 2.66. The summed E-state index contributed by atoms with van der Waals surface area (Å²) in [6.45, 7) is 7.05. The second-order valence-corrected chi connectivity index (χ2v) is 3.17. The van der Waals surface area contributed by atoms with Crippen molar-refractivity contribution < 1.29 is 4.52 Å². The molecular weight excluding hydrogens is 152 g/mol. The number of nitrogens with zero attached hydrogens (tertiary/aromatic N) is 1. The van der Waals surface area contributed by atoms with Crippen LogP contribution < -0.4 is 5.32 Å². The first-order valence-electron chi connectivity index (χ1n) is 4.40. The Kier molecular flexibility index (Phi) is 3.29. The number of aromatic nitrogens is 1. The van der Waals surface area contributed by atoms with E-state index in [4.69, 9.17) is 4.52 Å². The lowest BCUT2D eigenvalue weighted by Gasteiger charge is -2.03. The van der Waals surface area contributed by atoms with Crippen LogP contribution in [0.5, 0.6) is 0 Å². The largest absolute Gasteiger partial charge is 0.360 e. The van der Waals surface area contributed by atoms with Gasteiger partial charge in [0.1, 0.15) is 0 Å². The first-order valence-corrected chi connectivity index (χ1v) is 4.40. The summed E-state index contributed by atoms with van der Waals surface area (Å²) in [5, 5.41) is 7.16. The van der Waals surface area contributed by atoms with Crippen molar-refractivity contribution in [2.24, 2.45) is 0 Å². The second kappa shape index (κ2) is 4.26. The molecule has 0 spiro atoms. The van der Waals surface area contributed by atoms with Crippen molar-refractivity contribution in [3.63, 3.8) is 0 Å². The van der Waals surface area contributed by atoms with E-state index in [9.17, 15) is 0 Å². The number of nitrogens with one attached hydrogen (secondary N) is 1. The van der Waals surface area contributed by atoms with E-state index in [0.717, 1.165) is 24.4 Å². The molecule has 0 aliphatic heterocycles. The average molecular weight is 168 g/mol. The first-order chi connectivity index (χ1) is 5.72. The Morgan fingerprint density at radius 2 is 2.33 bits per heavy atom. The molecule has 0 fully saturated rings. The van der Waals surface area contributed by atoms with E-state index in [0.29, 0.717) is 6.04 Å². The third-order valence-electron chi connectivity index (χ3n) is 1.65. The molecule has 0 saturated carbocycles. The summed E-state index contributed by atoms with van der Waals surface area (Å²) in [5.74, 6) is 0.917. The molecule has 0 aliphatic rings. The van der Waals surface area contributed by atoms with Crippen LogP contribution in [0.15, 0.2) is 10.6 Å². The van der Waals surface area contributed by atoms with E-state index >= 15 is 0 Å². The minimum absolute atomic E-state index is 0.486. The molecule has 0 radical (unpaired) electrons. The Morgan fingerprint density at radius 3 is 2.83 bits per heavy atom. The van der Waals surface area contributed by atoms with Crippen LogP contribution in [0.3, 0.4) is 0 Å². The monoisotopic (exact) mass is 168 g/mol. The van der Waals surface area contributed by atoms with Gasteiger partial charge in [-0.15, -0.1) is 0 Å². The molecule has 0 amide bonds. The molecule has 0 atom stereocenters. The number of hydrogen-bond acceptors (Lipinski definition) is 3. The van der Waals surface area contributed by atoms with E-state index < -0.39 is 0 Å². The highest BCUT2D eigenvalue weighted by Gasteiger charge is 2.01. The summed E-state index contributed by atoms with van der Waals surface area (Å²) in [4.78, 5) is 0. The van der Waals surface area contributed by atoms with Gasteiger partial charge in [0.25, 0.3) is 0 Å². The standard InChI is InChI=1S/C9H16N2O/c1-4-8-5-9(12-11-8)6-10-7(2)3/h5,7,10H,4,6H2,1-3H3. The maximum Gasteiger partial charge on any atom is 0.150 e. The van der Waals surface area contributed by atoms with Crippen molar-refractivity contribution in [3.05, 3.63) is 17.5 Å². The molecule has 1 heterocycles. The fraction of sp³-hybridized carbons (Fsp3) is 0.667. The van der Waals surface area contributed by atoms with Crippen LogP contribution in [-0.4, -0.2) is 11.2 Å². The summed E-state index contributed by atoms with van der Waals surface area (Å²) >= 11 is 0. The van der Waals surface area contributed by atoms with Crippen LogP contribution >= 0.6 is 0 Å². The molecule has 0 unspecified atom stereocenters. The molecule has 1 aromatic heterocycles. The Bertz CT molecular complexity index is 230. The summed E-state index contributed by atoms with van der Waals surface area (Å²) in [5.41, 5.74) is 1.02. The molecule has 3 nitrogen and oxygen atoms in total. The van der Waals surface area contributed by atoms with Crippen molar-refractivity contribution in [2.45, 2.75) is 39.8 Å². The van der Waals surface area contributed by atoms with Crippen molar-refractivity contribution >= 4 is 0 Å². The van der Waals surface area contributed by atoms with Gasteiger partial charge in [-0.1, -0.05) is 25.9 Å². The van der Waals surface area contributed by atoms with Crippen LogP contribution in [0.1, 0.15) is 32.2 Å². The predicted molar refractivity (Wildman–Crippen MR) is 47.9 cm³/mol. The second-order valence-electron chi connectivity index (χ2n) is 3.17. The van der Waals surface area contributed by atoms with Gasteiger partial charge in [-0.05, 0) is 6.42 Å². The minimum Gasteiger partial charge on any atom is -0.360 e. The van der Waals surface area contributed by atoms with E-state index in [2.05, 4.69) is 31.2 Å². The number of rotatable bonds is 4. The van der Waals surface area contributed by atoms with Gasteiger partial charge in [0.15, 0.2) is 5.76 Å². The van der Waals surface area contributed by atoms with E-state index in [1.807, 2.05) is 6.07 Å². The Morgan fingerprint density at radius 1 is 1.58 bits per heavy atom. The Balaban J connectivity index is 2.41. The fourth-order valence-corrected chi connectivity index (χ4v) is 0.910. The predicted octanol–water partition coefficient (Wildman–Crippen LogP) is 1.73. The molecule has 0 aromatic carbocycles. The lowest BCUT2D eigenvalue weighted by molar-refractivity contribution is 0.363. The van der Waals surface area contributed by atoms with Crippen molar-refractivity contribution in [1.29, 1.82) is 0 Å². The Labute approximate surface area is 73.1 Å². The molecule has 1 aromatic rings. The van der Waals surface area contributed by atoms with Gasteiger partial charge in [0.2, 0.25) is 0 Å². The molecule has 0 bridgehead atoms. The first kappa shape index (κ1) is 9.26. The van der Waals surface area contributed by atoms with Crippen LogP contribution in [0.4, 0.5) is 0 Å². The molecule has 3 heteroatoms. The topological polar surface area (TPSA) is 38.1 Å². The quantitative estimate of drug-likeness (QED) is 0.744. The molecular formula is C9H16N2O. The van der Waals surface area contributed by atoms with Gasteiger partial charge in [-0.25, -0.2) is 0 Å². The van der Waals surface area contributed by atoms with Gasteiger partial charge in [-0.2, -0.15) is 0 Å². The van der Waals surface area contributed by atoms with Gasteiger partial charge >= 0.3 is 0 Å². The molecule has 1 N–H and O–H groups in total. The summed E-state index contributed by atoms with van der Waals surface area (Å²) in [6.07, 6.45) is 0.936. The zero-order chi connectivity index (χ0) is 8.97. The fourth-order valence-electron chi connectivity index (χ4n) is 0.910. The smallest absolute Gasteiger partial charge is 0.150 e. The molecule has 12 heavy (non-hydrogen) atoms. The zero-order valence-corrected chi connectivity index (χ0v) is 7.92. The number of hydrogen-bond donors (Lipinski definition) is 1. The van der Waals surface area contributed by atoms with Crippen LogP contribution in [0, 0.1) is 0 Å². The van der Waals surface area contributed by atoms with E-state index in [1.54, 1.807) is 0 Å². The van der Waals surface area contributed by atoms with Crippen molar-refractivity contribution in [3.8, 4) is 0 Å². The van der Waals surface area contributed by atoms with Crippen molar-refractivity contribution in [2.75, 3.05) is 0 Å². The number of aryl methyl sites for hydroxylation is 1.